The van der Waals surface area contributed by atoms with Crippen molar-refractivity contribution in [2.45, 2.75) is 45.6 Å². The van der Waals surface area contributed by atoms with Gasteiger partial charge in [0.25, 0.3) is 0 Å². The summed E-state index contributed by atoms with van der Waals surface area (Å²) in [5.74, 6) is 0. The first-order valence-electron chi connectivity index (χ1n) is 5.51. The van der Waals surface area contributed by atoms with Crippen LogP contribution in [-0.4, -0.2) is 9.55 Å². The number of H-pyrrole nitrogens is 1. The van der Waals surface area contributed by atoms with Crippen LogP contribution in [0.25, 0.3) is 0 Å². The van der Waals surface area contributed by atoms with E-state index in [0.29, 0.717) is 4.64 Å². The van der Waals surface area contributed by atoms with Gasteiger partial charge in [-0.1, -0.05) is 19.1 Å². The lowest BCUT2D eigenvalue weighted by Gasteiger charge is -2.17. The third-order valence-electron chi connectivity index (χ3n) is 3.22. The van der Waals surface area contributed by atoms with Crippen LogP contribution in [0.3, 0.4) is 0 Å². The summed E-state index contributed by atoms with van der Waals surface area (Å²) in [6, 6.07) is 0.260. The molecule has 4 heteroatoms. The van der Waals surface area contributed by atoms with Gasteiger partial charge in [-0.15, -0.1) is 0 Å². The molecule has 0 spiro atoms. The van der Waals surface area contributed by atoms with E-state index in [1.54, 1.807) is 0 Å². The third kappa shape index (κ3) is 1.67. The zero-order chi connectivity index (χ0) is 11.0. The maximum Gasteiger partial charge on any atom is 0.326 e. The van der Waals surface area contributed by atoms with Gasteiger partial charge in [-0.05, 0) is 32.6 Å². The first kappa shape index (κ1) is 10.6. The number of nitrogens with one attached hydrogen (secondary N) is 1. The van der Waals surface area contributed by atoms with Gasteiger partial charge in [0.15, 0.2) is 0 Å². The summed E-state index contributed by atoms with van der Waals surface area (Å²) in [6.45, 7) is 4.18. The summed E-state index contributed by atoms with van der Waals surface area (Å²) in [5.41, 5.74) is 2.30. The molecule has 1 aromatic rings. The Morgan fingerprint density at radius 2 is 2.27 bits per heavy atom. The Bertz CT molecular complexity index is 486. The van der Waals surface area contributed by atoms with Gasteiger partial charge < -0.3 is 0 Å². The molecule has 0 saturated heterocycles. The SMILES string of the molecule is CCC(C)n1c2c(c(=S)[nH]c1=O)CCC2. The van der Waals surface area contributed by atoms with Gasteiger partial charge in [-0.3, -0.25) is 9.55 Å². The molecule has 0 aliphatic heterocycles. The summed E-state index contributed by atoms with van der Waals surface area (Å²) in [7, 11) is 0. The first-order valence-corrected chi connectivity index (χ1v) is 5.92. The van der Waals surface area contributed by atoms with Crippen LogP contribution in [0.2, 0.25) is 0 Å². The summed E-state index contributed by atoms with van der Waals surface area (Å²) in [4.78, 5) is 14.6. The van der Waals surface area contributed by atoms with E-state index >= 15 is 0 Å². The molecular formula is C11H16N2OS. The third-order valence-corrected chi connectivity index (χ3v) is 3.57. The molecule has 2 rings (SSSR count). The van der Waals surface area contributed by atoms with Crippen molar-refractivity contribution >= 4 is 12.2 Å². The normalized spacial score (nSPS) is 16.4. The number of aromatic amines is 1. The lowest BCUT2D eigenvalue weighted by atomic mass is 10.2. The van der Waals surface area contributed by atoms with Gasteiger partial charge in [0.2, 0.25) is 0 Å². The highest BCUT2D eigenvalue weighted by Crippen LogP contribution is 2.23. The van der Waals surface area contributed by atoms with Crippen molar-refractivity contribution in [1.82, 2.24) is 9.55 Å². The minimum atomic E-state index is -0.0463. The summed E-state index contributed by atoms with van der Waals surface area (Å²) >= 11 is 5.18. The van der Waals surface area contributed by atoms with Crippen LogP contribution >= 0.6 is 12.2 Å². The van der Waals surface area contributed by atoms with Gasteiger partial charge in [-0.2, -0.15) is 0 Å². The van der Waals surface area contributed by atoms with Crippen LogP contribution in [0.15, 0.2) is 4.79 Å². The lowest BCUT2D eigenvalue weighted by Crippen LogP contribution is -2.29. The Morgan fingerprint density at radius 1 is 1.53 bits per heavy atom. The van der Waals surface area contributed by atoms with Gasteiger partial charge >= 0.3 is 5.69 Å². The highest BCUT2D eigenvalue weighted by atomic mass is 32.1. The van der Waals surface area contributed by atoms with Crippen molar-refractivity contribution in [2.24, 2.45) is 0 Å². The molecule has 1 aliphatic carbocycles. The molecule has 1 aromatic heterocycles. The molecule has 1 N–H and O–H groups in total. The van der Waals surface area contributed by atoms with Gasteiger partial charge in [0, 0.05) is 17.3 Å². The Morgan fingerprint density at radius 3 is 2.93 bits per heavy atom. The molecule has 1 heterocycles. The minimum Gasteiger partial charge on any atom is -0.298 e. The molecule has 1 unspecified atom stereocenters. The molecule has 0 aromatic carbocycles. The summed E-state index contributed by atoms with van der Waals surface area (Å²) in [6.07, 6.45) is 4.10. The number of hydrogen-bond donors (Lipinski definition) is 1. The number of fused-ring (bicyclic) bond motifs is 1. The molecule has 0 bridgehead atoms. The van der Waals surface area contributed by atoms with Crippen LogP contribution in [0.4, 0.5) is 0 Å². The van der Waals surface area contributed by atoms with E-state index in [1.165, 1.54) is 5.56 Å². The molecule has 82 valence electrons. The van der Waals surface area contributed by atoms with Crippen LogP contribution in [0.5, 0.6) is 0 Å². The maximum atomic E-state index is 11.8. The monoisotopic (exact) mass is 224 g/mol. The molecule has 0 amide bonds. The number of aromatic nitrogens is 2. The molecule has 0 radical (unpaired) electrons. The fourth-order valence-electron chi connectivity index (χ4n) is 2.24. The van der Waals surface area contributed by atoms with E-state index in [4.69, 9.17) is 12.2 Å². The molecule has 15 heavy (non-hydrogen) atoms. The summed E-state index contributed by atoms with van der Waals surface area (Å²) < 4.78 is 2.53. The number of nitrogens with zero attached hydrogens (tertiary/aromatic N) is 1. The van der Waals surface area contributed by atoms with E-state index < -0.39 is 0 Å². The van der Waals surface area contributed by atoms with Crippen LogP contribution < -0.4 is 5.69 Å². The summed E-state index contributed by atoms with van der Waals surface area (Å²) in [5, 5.41) is 0. The Kier molecular flexibility index (Phi) is 2.78. The second-order valence-electron chi connectivity index (χ2n) is 4.17. The standard InChI is InChI=1S/C11H16N2OS/c1-3-7(2)13-9-6-4-5-8(9)10(15)12-11(13)14/h7H,3-6H2,1-2H3,(H,12,14,15). The molecule has 3 nitrogen and oxygen atoms in total. The van der Waals surface area contributed by atoms with E-state index in [9.17, 15) is 4.79 Å². The Labute approximate surface area is 94.1 Å². The molecule has 0 saturated carbocycles. The highest BCUT2D eigenvalue weighted by molar-refractivity contribution is 7.71. The average Bonchev–Trinajstić information content (AvgIpc) is 2.66. The number of rotatable bonds is 2. The predicted octanol–water partition coefficient (Wildman–Crippen LogP) is 2.37. The fourth-order valence-corrected chi connectivity index (χ4v) is 2.55. The Hall–Kier alpha value is -0.900. The lowest BCUT2D eigenvalue weighted by molar-refractivity contribution is 0.485. The second kappa shape index (κ2) is 3.93. The predicted molar refractivity (Wildman–Crippen MR) is 62.9 cm³/mol. The maximum absolute atomic E-state index is 11.8. The van der Waals surface area contributed by atoms with Crippen molar-refractivity contribution in [3.8, 4) is 0 Å². The highest BCUT2D eigenvalue weighted by Gasteiger charge is 2.20. The second-order valence-corrected chi connectivity index (χ2v) is 4.57. The van der Waals surface area contributed by atoms with Gasteiger partial charge in [-0.25, -0.2) is 4.79 Å². The smallest absolute Gasteiger partial charge is 0.298 e. The Balaban J connectivity index is 2.70. The van der Waals surface area contributed by atoms with E-state index in [1.807, 2.05) is 4.57 Å². The van der Waals surface area contributed by atoms with Crippen LogP contribution in [-0.2, 0) is 12.8 Å². The number of hydrogen-bond acceptors (Lipinski definition) is 2. The van der Waals surface area contributed by atoms with Crippen LogP contribution in [0, 0.1) is 4.64 Å². The van der Waals surface area contributed by atoms with E-state index in [-0.39, 0.29) is 11.7 Å². The topological polar surface area (TPSA) is 37.8 Å². The van der Waals surface area contributed by atoms with Crippen molar-refractivity contribution < 1.29 is 0 Å². The molecular weight excluding hydrogens is 208 g/mol. The quantitative estimate of drug-likeness (QED) is 0.783. The fraction of sp³-hybridized carbons (Fsp3) is 0.636. The zero-order valence-corrected chi connectivity index (χ0v) is 9.99. The molecule has 1 aliphatic rings. The van der Waals surface area contributed by atoms with Gasteiger partial charge in [0.1, 0.15) is 4.64 Å². The van der Waals surface area contributed by atoms with E-state index in [0.717, 1.165) is 31.4 Å². The van der Waals surface area contributed by atoms with Crippen molar-refractivity contribution in [3.05, 3.63) is 26.4 Å². The van der Waals surface area contributed by atoms with Crippen molar-refractivity contribution in [1.29, 1.82) is 0 Å². The zero-order valence-electron chi connectivity index (χ0n) is 9.17. The largest absolute Gasteiger partial charge is 0.326 e. The van der Waals surface area contributed by atoms with E-state index in [2.05, 4.69) is 18.8 Å². The minimum absolute atomic E-state index is 0.0463. The molecule has 0 fully saturated rings. The van der Waals surface area contributed by atoms with Crippen LogP contribution in [0.1, 0.15) is 44.0 Å². The van der Waals surface area contributed by atoms with Gasteiger partial charge in [0.05, 0.1) is 0 Å². The van der Waals surface area contributed by atoms with Crippen molar-refractivity contribution in [2.75, 3.05) is 0 Å². The van der Waals surface area contributed by atoms with Crippen molar-refractivity contribution in [3.63, 3.8) is 0 Å². The first-order chi connectivity index (χ1) is 7.15. The molecule has 1 atom stereocenters. The average molecular weight is 224 g/mol.